The van der Waals surface area contributed by atoms with Gasteiger partial charge in [-0.2, -0.15) is 0 Å². The number of hydrogen-bond donors (Lipinski definition) is 2. The van der Waals surface area contributed by atoms with Gasteiger partial charge in [0, 0.05) is 32.7 Å². The average Bonchev–Trinajstić information content (AvgIpc) is 3.55. The first kappa shape index (κ1) is 32.5. The van der Waals surface area contributed by atoms with E-state index in [2.05, 4.69) is 15.5 Å². The number of nitrogens with zero attached hydrogens (tertiary/aromatic N) is 1. The third kappa shape index (κ3) is 9.32. The monoisotopic (exact) mass is 619 g/mol. The number of piperidine rings is 3. The van der Waals surface area contributed by atoms with Crippen molar-refractivity contribution < 1.29 is 33.0 Å². The van der Waals surface area contributed by atoms with Gasteiger partial charge in [0.2, 0.25) is 0 Å². The van der Waals surface area contributed by atoms with E-state index >= 15 is 0 Å². The van der Waals surface area contributed by atoms with Crippen LogP contribution in [0.25, 0.3) is 0 Å². The number of nitrogens with one attached hydrogen (secondary N) is 2. The van der Waals surface area contributed by atoms with E-state index in [1.54, 1.807) is 12.1 Å². The van der Waals surface area contributed by atoms with Crippen molar-refractivity contribution in [2.24, 2.45) is 5.92 Å². The Balaban J connectivity index is 1.15. The Hall–Kier alpha value is -3.86. The zero-order valence-corrected chi connectivity index (χ0v) is 26.2. The third-order valence-corrected chi connectivity index (χ3v) is 8.31. The van der Waals surface area contributed by atoms with Gasteiger partial charge in [-0.1, -0.05) is 42.5 Å². The lowest BCUT2D eigenvalue weighted by Crippen LogP contribution is -2.52. The molecule has 2 aromatic carbocycles. The predicted octanol–water partition coefficient (Wildman–Crippen LogP) is 5.68. The summed E-state index contributed by atoms with van der Waals surface area (Å²) in [5.41, 5.74) is 1.80. The van der Waals surface area contributed by atoms with Gasteiger partial charge in [0.05, 0.1) is 6.04 Å². The normalized spacial score (nSPS) is 19.7. The van der Waals surface area contributed by atoms with Gasteiger partial charge in [-0.25, -0.2) is 4.79 Å². The van der Waals surface area contributed by atoms with Gasteiger partial charge < -0.3 is 34.0 Å². The molecule has 45 heavy (non-hydrogen) atoms. The number of carbonyl (C=O) groups excluding carboxylic acids is 2. The molecular weight excluding hydrogens is 574 g/mol. The molecule has 1 aromatic heterocycles. The molecule has 0 aliphatic carbocycles. The van der Waals surface area contributed by atoms with Crippen molar-refractivity contribution in [2.75, 3.05) is 39.4 Å². The second-order valence-electron chi connectivity index (χ2n) is 11.4. The van der Waals surface area contributed by atoms with Crippen molar-refractivity contribution in [1.82, 2.24) is 15.5 Å². The molecule has 3 aliphatic rings. The van der Waals surface area contributed by atoms with Gasteiger partial charge in [-0.3, -0.25) is 9.69 Å². The molecule has 4 heterocycles. The maximum absolute atomic E-state index is 13.1. The molecule has 242 valence electrons. The highest BCUT2D eigenvalue weighted by Crippen LogP contribution is 2.31. The summed E-state index contributed by atoms with van der Waals surface area (Å²) in [4.78, 5) is 28.1. The largest absolute Gasteiger partial charge is 0.486 e. The fourth-order valence-electron chi connectivity index (χ4n) is 6.00. The van der Waals surface area contributed by atoms with Crippen molar-refractivity contribution in [3.63, 3.8) is 0 Å². The molecule has 0 spiro atoms. The second-order valence-corrected chi connectivity index (χ2v) is 11.4. The molecule has 6 rings (SSSR count). The summed E-state index contributed by atoms with van der Waals surface area (Å²) in [7, 11) is 0. The number of hydrogen-bond acceptors (Lipinski definition) is 8. The molecule has 2 amide bonds. The molecule has 2 atom stereocenters. The van der Waals surface area contributed by atoms with Gasteiger partial charge >= 0.3 is 6.09 Å². The van der Waals surface area contributed by atoms with Crippen LogP contribution in [0.3, 0.4) is 0 Å². The number of benzene rings is 2. The number of rotatable bonds is 16. The van der Waals surface area contributed by atoms with Crippen LogP contribution >= 0.6 is 0 Å². The van der Waals surface area contributed by atoms with Crippen molar-refractivity contribution in [2.45, 2.75) is 64.6 Å². The van der Waals surface area contributed by atoms with Crippen LogP contribution < -0.4 is 15.4 Å². The van der Waals surface area contributed by atoms with Crippen LogP contribution in [0.5, 0.6) is 5.75 Å². The van der Waals surface area contributed by atoms with Crippen LogP contribution in [0, 0.1) is 5.92 Å². The van der Waals surface area contributed by atoms with Crippen LogP contribution in [0.4, 0.5) is 4.79 Å². The van der Waals surface area contributed by atoms with E-state index in [4.69, 9.17) is 23.4 Å². The quantitative estimate of drug-likeness (QED) is 0.156. The highest BCUT2D eigenvalue weighted by atomic mass is 16.7. The Labute approximate surface area is 265 Å². The minimum absolute atomic E-state index is 0.0768. The number of fused-ring (bicyclic) bond motifs is 3. The minimum atomic E-state index is -0.418. The fraction of sp³-hybridized carbons (Fsp3) is 0.486. The Morgan fingerprint density at radius 2 is 1.71 bits per heavy atom. The summed E-state index contributed by atoms with van der Waals surface area (Å²) < 4.78 is 28.8. The summed E-state index contributed by atoms with van der Waals surface area (Å²) >= 11 is 0. The highest BCUT2D eigenvalue weighted by molar-refractivity contribution is 5.91. The van der Waals surface area contributed by atoms with Crippen molar-refractivity contribution >= 4 is 12.0 Å². The zero-order valence-electron chi connectivity index (χ0n) is 26.2. The molecular formula is C35H45N3O7. The first-order chi connectivity index (χ1) is 22.0. The summed E-state index contributed by atoms with van der Waals surface area (Å²) in [6.07, 6.45) is 2.81. The number of amides is 2. The smallest absolute Gasteiger partial charge is 0.408 e. The average molecular weight is 620 g/mol. The lowest BCUT2D eigenvalue weighted by molar-refractivity contribution is -0.139. The molecule has 2 N–H and O–H groups in total. The zero-order chi connectivity index (χ0) is 31.4. The summed E-state index contributed by atoms with van der Waals surface area (Å²) in [5, 5.41) is 5.98. The van der Waals surface area contributed by atoms with Gasteiger partial charge in [0.25, 0.3) is 5.91 Å². The van der Waals surface area contributed by atoms with Crippen LogP contribution in [-0.4, -0.2) is 68.7 Å². The maximum Gasteiger partial charge on any atom is 0.408 e. The summed E-state index contributed by atoms with van der Waals surface area (Å²) in [6.45, 7) is 8.63. The van der Waals surface area contributed by atoms with Crippen molar-refractivity contribution in [3.8, 4) is 5.75 Å². The van der Waals surface area contributed by atoms with E-state index in [1.165, 1.54) is 0 Å². The van der Waals surface area contributed by atoms with Crippen molar-refractivity contribution in [3.05, 3.63) is 89.4 Å². The van der Waals surface area contributed by atoms with Gasteiger partial charge in [-0.05, 0) is 87.5 Å². The van der Waals surface area contributed by atoms with Crippen LogP contribution in [0.2, 0.25) is 0 Å². The lowest BCUT2D eigenvalue weighted by Gasteiger charge is -2.43. The Kier molecular flexibility index (Phi) is 11.9. The second kappa shape index (κ2) is 16.5. The topological polar surface area (TPSA) is 112 Å². The number of alkyl carbamates (subject to hydrolysis) is 1. The molecule has 0 radical (unpaired) electrons. The molecule has 0 unspecified atom stereocenters. The standard InChI is InChI=1S/C35H45N3O7/c1-3-41-32(42-4-2)14-9-19-36-34(39)30-16-15-29(44-30)24-43-28-13-8-12-27(22-28)33(26-10-6-5-7-11-26)37-35(40)45-31-23-38-20-17-25(31)18-21-38/h5-8,10-13,15-16,22,25,31-33H,3-4,9,14,17-21,23-24H2,1-2H3,(H,36,39)(H,37,40)/t31-,33-/m0/s1. The third-order valence-electron chi connectivity index (χ3n) is 8.31. The van der Waals surface area contributed by atoms with Crippen molar-refractivity contribution in [1.29, 1.82) is 0 Å². The Bertz CT molecular complexity index is 1350. The number of carbonyl (C=O) groups is 2. The first-order valence-electron chi connectivity index (χ1n) is 16.1. The first-order valence-corrected chi connectivity index (χ1v) is 16.1. The van der Waals surface area contributed by atoms with E-state index < -0.39 is 12.1 Å². The molecule has 3 fully saturated rings. The molecule has 3 aromatic rings. The maximum atomic E-state index is 13.1. The van der Waals surface area contributed by atoms with Gasteiger partial charge in [0.15, 0.2) is 12.1 Å². The molecule has 3 saturated heterocycles. The molecule has 10 nitrogen and oxygen atoms in total. The van der Waals surface area contributed by atoms with Gasteiger partial charge in [0.1, 0.15) is 24.2 Å². The number of ether oxygens (including phenoxy) is 4. The Morgan fingerprint density at radius 3 is 2.42 bits per heavy atom. The predicted molar refractivity (Wildman–Crippen MR) is 169 cm³/mol. The molecule has 10 heteroatoms. The van der Waals surface area contributed by atoms with E-state index in [0.717, 1.165) is 50.0 Å². The van der Waals surface area contributed by atoms with E-state index in [1.807, 2.05) is 68.4 Å². The Morgan fingerprint density at radius 1 is 0.956 bits per heavy atom. The molecule has 2 bridgehead atoms. The van der Waals surface area contributed by atoms with Gasteiger partial charge in [-0.15, -0.1) is 0 Å². The summed E-state index contributed by atoms with van der Waals surface area (Å²) in [5.74, 6) is 1.51. The fourth-order valence-corrected chi connectivity index (χ4v) is 6.00. The van der Waals surface area contributed by atoms with E-state index in [-0.39, 0.29) is 30.7 Å². The highest BCUT2D eigenvalue weighted by Gasteiger charge is 2.37. The molecule has 0 saturated carbocycles. The van der Waals surface area contributed by atoms with Crippen LogP contribution in [0.15, 0.2) is 71.1 Å². The lowest BCUT2D eigenvalue weighted by atomic mass is 9.86. The van der Waals surface area contributed by atoms with E-state index in [0.29, 0.717) is 43.6 Å². The summed E-state index contributed by atoms with van der Waals surface area (Å²) in [6, 6.07) is 20.4. The molecule has 3 aliphatic heterocycles. The van der Waals surface area contributed by atoms with Crippen LogP contribution in [-0.2, 0) is 20.8 Å². The van der Waals surface area contributed by atoms with E-state index in [9.17, 15) is 9.59 Å². The SMILES string of the molecule is CCOC(CCCNC(=O)c1ccc(COc2cccc([C@@H](NC(=O)O[C@H]3CN4CCC3CC4)c3ccccc3)c2)o1)OCC. The number of furan rings is 1. The minimum Gasteiger partial charge on any atom is -0.486 e. The van der Waals surface area contributed by atoms with Crippen LogP contribution in [0.1, 0.15) is 73.0 Å².